The normalized spacial score (nSPS) is 26.2. The fourth-order valence-electron chi connectivity index (χ4n) is 4.10. The quantitative estimate of drug-likeness (QED) is 0.871. The van der Waals surface area contributed by atoms with Crippen LogP contribution in [0.3, 0.4) is 0 Å². The monoisotopic (exact) mass is 328 g/mol. The van der Waals surface area contributed by atoms with Crippen LogP contribution in [-0.2, 0) is 0 Å². The van der Waals surface area contributed by atoms with Crippen molar-refractivity contribution in [2.45, 2.75) is 32.7 Å². The summed E-state index contributed by atoms with van der Waals surface area (Å²) >= 11 is 0. The van der Waals surface area contributed by atoms with E-state index in [9.17, 15) is 9.18 Å². The Labute approximate surface area is 140 Å². The van der Waals surface area contributed by atoms with Crippen LogP contribution in [0.5, 0.6) is 0 Å². The second kappa shape index (κ2) is 5.48. The van der Waals surface area contributed by atoms with E-state index in [0.29, 0.717) is 41.5 Å². The van der Waals surface area contributed by atoms with Crippen molar-refractivity contribution < 1.29 is 9.18 Å². The number of carbonyl (C=O) groups is 1. The maximum Gasteiger partial charge on any atom is 0.256 e. The maximum absolute atomic E-state index is 14.0. The molecule has 0 spiro atoms. The van der Waals surface area contributed by atoms with Crippen molar-refractivity contribution >= 4 is 16.9 Å². The summed E-state index contributed by atoms with van der Waals surface area (Å²) in [6.07, 6.45) is 2.10. The molecule has 3 atom stereocenters. The van der Waals surface area contributed by atoms with E-state index in [1.165, 1.54) is 12.1 Å². The zero-order valence-electron chi connectivity index (χ0n) is 13.9. The maximum atomic E-state index is 14.0. The molecule has 0 bridgehead atoms. The van der Waals surface area contributed by atoms with Gasteiger partial charge >= 0.3 is 0 Å². The highest BCUT2D eigenvalue weighted by Crippen LogP contribution is 2.38. The van der Waals surface area contributed by atoms with Crippen LogP contribution in [0.2, 0.25) is 0 Å². The Morgan fingerprint density at radius 2 is 1.96 bits per heavy atom. The van der Waals surface area contributed by atoms with Crippen molar-refractivity contribution in [1.82, 2.24) is 14.9 Å². The summed E-state index contributed by atoms with van der Waals surface area (Å²) in [4.78, 5) is 23.7. The standard InChI is InChI=1S/C18H21FN4O/c1-9-10(2)22-17-13(5-12(19)6-16(17)21-9)18(24)23-7-11-3-4-15(20)14(11)8-23/h5-6,11,14-15H,3-4,7-8,20H2,1-2H3. The average Bonchev–Trinajstić information content (AvgIpc) is 3.10. The summed E-state index contributed by atoms with van der Waals surface area (Å²) in [5.41, 5.74) is 8.85. The van der Waals surface area contributed by atoms with Crippen LogP contribution < -0.4 is 5.73 Å². The van der Waals surface area contributed by atoms with Crippen LogP contribution in [0.25, 0.3) is 11.0 Å². The van der Waals surface area contributed by atoms with Crippen molar-refractivity contribution in [3.8, 4) is 0 Å². The molecule has 2 fully saturated rings. The molecule has 4 rings (SSSR count). The summed E-state index contributed by atoms with van der Waals surface area (Å²) in [6.45, 7) is 5.03. The lowest BCUT2D eigenvalue weighted by Crippen LogP contribution is -2.33. The molecule has 0 radical (unpaired) electrons. The van der Waals surface area contributed by atoms with Gasteiger partial charge in [0.2, 0.25) is 0 Å². The summed E-state index contributed by atoms with van der Waals surface area (Å²) in [5, 5.41) is 0. The third kappa shape index (κ3) is 2.36. The minimum Gasteiger partial charge on any atom is -0.338 e. The van der Waals surface area contributed by atoms with Gasteiger partial charge in [0.25, 0.3) is 5.91 Å². The van der Waals surface area contributed by atoms with Crippen LogP contribution in [0.4, 0.5) is 4.39 Å². The SMILES string of the molecule is Cc1nc2cc(F)cc(C(=O)N3CC4CCC(N)C4C3)c2nc1C. The molecule has 1 amide bonds. The molecular formula is C18H21FN4O. The Balaban J connectivity index is 1.73. The first-order valence-corrected chi connectivity index (χ1v) is 8.43. The number of fused-ring (bicyclic) bond motifs is 2. The lowest BCUT2D eigenvalue weighted by Gasteiger charge is -2.19. The molecule has 1 aromatic heterocycles. The first kappa shape index (κ1) is 15.4. The number of carbonyl (C=O) groups excluding carboxylic acids is 1. The predicted molar refractivity (Wildman–Crippen MR) is 89.1 cm³/mol. The Kier molecular flexibility index (Phi) is 3.53. The van der Waals surface area contributed by atoms with E-state index in [-0.39, 0.29) is 11.9 Å². The van der Waals surface area contributed by atoms with Gasteiger partial charge in [0, 0.05) is 25.2 Å². The van der Waals surface area contributed by atoms with Gasteiger partial charge in [-0.25, -0.2) is 14.4 Å². The van der Waals surface area contributed by atoms with Crippen LogP contribution in [0.15, 0.2) is 12.1 Å². The smallest absolute Gasteiger partial charge is 0.256 e. The number of aromatic nitrogens is 2. The zero-order chi connectivity index (χ0) is 17.0. The Morgan fingerprint density at radius 1 is 1.21 bits per heavy atom. The molecule has 2 aliphatic rings. The Morgan fingerprint density at radius 3 is 2.71 bits per heavy atom. The highest BCUT2D eigenvalue weighted by atomic mass is 19.1. The number of hydrogen-bond donors (Lipinski definition) is 1. The molecule has 2 N–H and O–H groups in total. The van der Waals surface area contributed by atoms with E-state index in [2.05, 4.69) is 9.97 Å². The number of benzene rings is 1. The van der Waals surface area contributed by atoms with Gasteiger partial charge in [-0.05, 0) is 44.6 Å². The molecule has 126 valence electrons. The highest BCUT2D eigenvalue weighted by molar-refractivity contribution is 6.04. The minimum atomic E-state index is -0.459. The van der Waals surface area contributed by atoms with E-state index >= 15 is 0 Å². The predicted octanol–water partition coefficient (Wildman–Crippen LogP) is 2.20. The molecule has 3 unspecified atom stereocenters. The summed E-state index contributed by atoms with van der Waals surface area (Å²) in [6, 6.07) is 2.78. The van der Waals surface area contributed by atoms with E-state index in [0.717, 1.165) is 24.2 Å². The molecule has 1 saturated heterocycles. The minimum absolute atomic E-state index is 0.168. The first-order chi connectivity index (χ1) is 11.4. The second-order valence-electron chi connectivity index (χ2n) is 7.09. The topological polar surface area (TPSA) is 72.1 Å². The molecule has 6 heteroatoms. The van der Waals surface area contributed by atoms with Crippen molar-refractivity contribution in [3.63, 3.8) is 0 Å². The molecule has 2 aromatic rings. The molecule has 1 aliphatic heterocycles. The van der Waals surface area contributed by atoms with Crippen LogP contribution in [0, 0.1) is 31.5 Å². The van der Waals surface area contributed by atoms with Gasteiger partial charge < -0.3 is 10.6 Å². The van der Waals surface area contributed by atoms with Crippen molar-refractivity contribution in [1.29, 1.82) is 0 Å². The number of aryl methyl sites for hydroxylation is 2. The summed E-state index contributed by atoms with van der Waals surface area (Å²) in [7, 11) is 0. The number of hydrogen-bond acceptors (Lipinski definition) is 4. The number of halogens is 1. The van der Waals surface area contributed by atoms with Gasteiger partial charge in [0.05, 0.1) is 22.5 Å². The van der Waals surface area contributed by atoms with Crippen molar-refractivity contribution in [3.05, 3.63) is 34.9 Å². The van der Waals surface area contributed by atoms with Gasteiger partial charge in [-0.3, -0.25) is 4.79 Å². The van der Waals surface area contributed by atoms with E-state index in [4.69, 9.17) is 5.73 Å². The molecule has 24 heavy (non-hydrogen) atoms. The highest BCUT2D eigenvalue weighted by Gasteiger charge is 2.42. The molecule has 2 heterocycles. The number of likely N-dealkylation sites (tertiary alicyclic amines) is 1. The lowest BCUT2D eigenvalue weighted by molar-refractivity contribution is 0.0781. The number of nitrogens with two attached hydrogens (primary N) is 1. The van der Waals surface area contributed by atoms with E-state index in [1.807, 2.05) is 13.8 Å². The van der Waals surface area contributed by atoms with Crippen molar-refractivity contribution in [2.24, 2.45) is 17.6 Å². The molecule has 5 nitrogen and oxygen atoms in total. The molecule has 1 saturated carbocycles. The third-order valence-electron chi connectivity index (χ3n) is 5.58. The summed E-state index contributed by atoms with van der Waals surface area (Å²) < 4.78 is 14.0. The Bertz CT molecular complexity index is 837. The fourth-order valence-corrected chi connectivity index (χ4v) is 4.10. The van der Waals surface area contributed by atoms with Gasteiger partial charge in [-0.1, -0.05) is 0 Å². The number of nitrogens with zero attached hydrogens (tertiary/aromatic N) is 3. The molecular weight excluding hydrogens is 307 g/mol. The summed E-state index contributed by atoms with van der Waals surface area (Å²) in [5.74, 6) is 0.209. The van der Waals surface area contributed by atoms with Gasteiger partial charge in [0.15, 0.2) is 0 Å². The van der Waals surface area contributed by atoms with Gasteiger partial charge in [0.1, 0.15) is 11.3 Å². The first-order valence-electron chi connectivity index (χ1n) is 8.43. The largest absolute Gasteiger partial charge is 0.338 e. The van der Waals surface area contributed by atoms with Crippen LogP contribution >= 0.6 is 0 Å². The fraction of sp³-hybridized carbons (Fsp3) is 0.500. The number of amides is 1. The lowest BCUT2D eigenvalue weighted by atomic mass is 9.98. The Hall–Kier alpha value is -2.08. The van der Waals surface area contributed by atoms with Gasteiger partial charge in [-0.15, -0.1) is 0 Å². The van der Waals surface area contributed by atoms with Crippen LogP contribution in [-0.4, -0.2) is 39.9 Å². The zero-order valence-corrected chi connectivity index (χ0v) is 13.9. The average molecular weight is 328 g/mol. The van der Waals surface area contributed by atoms with Crippen LogP contribution in [0.1, 0.15) is 34.6 Å². The second-order valence-corrected chi connectivity index (χ2v) is 7.09. The molecule has 1 aliphatic carbocycles. The molecule has 1 aromatic carbocycles. The van der Waals surface area contributed by atoms with Gasteiger partial charge in [-0.2, -0.15) is 0 Å². The number of rotatable bonds is 1. The van der Waals surface area contributed by atoms with Crippen molar-refractivity contribution in [2.75, 3.05) is 13.1 Å². The van der Waals surface area contributed by atoms with E-state index < -0.39 is 5.82 Å². The third-order valence-corrected chi connectivity index (χ3v) is 5.58. The van der Waals surface area contributed by atoms with E-state index in [1.54, 1.807) is 4.90 Å².